The predicted octanol–water partition coefficient (Wildman–Crippen LogP) is 1.02. The molecule has 3 rings (SSSR count). The maximum atomic E-state index is 11.7. The van der Waals surface area contributed by atoms with Crippen molar-refractivity contribution in [1.29, 1.82) is 0 Å². The van der Waals surface area contributed by atoms with Crippen LogP contribution >= 0.6 is 0 Å². The molecule has 1 fully saturated rings. The molecule has 0 bridgehead atoms. The molecule has 18 heavy (non-hydrogen) atoms. The second kappa shape index (κ2) is 4.06. The van der Waals surface area contributed by atoms with Crippen LogP contribution in [0.5, 0.6) is 0 Å². The van der Waals surface area contributed by atoms with Crippen molar-refractivity contribution in [1.82, 2.24) is 15.0 Å². The smallest absolute Gasteiger partial charge is 0.331 e. The molecule has 0 atom stereocenters. The van der Waals surface area contributed by atoms with Crippen LogP contribution in [0.4, 0.5) is 0 Å². The molecule has 1 aromatic carbocycles. The van der Waals surface area contributed by atoms with Gasteiger partial charge in [-0.1, -0.05) is 17.3 Å². The van der Waals surface area contributed by atoms with E-state index in [1.54, 1.807) is 0 Å². The first-order valence-electron chi connectivity index (χ1n) is 5.86. The molecular formula is C12H13N3O3. The van der Waals surface area contributed by atoms with Gasteiger partial charge >= 0.3 is 5.97 Å². The zero-order valence-electron chi connectivity index (χ0n) is 9.74. The molecule has 1 N–H and O–H groups in total. The van der Waals surface area contributed by atoms with Crippen LogP contribution in [0.15, 0.2) is 24.3 Å². The van der Waals surface area contributed by atoms with Crippen LogP contribution in [-0.2, 0) is 15.1 Å². The van der Waals surface area contributed by atoms with Gasteiger partial charge in [-0.25, -0.2) is 9.48 Å². The number of hydrogen-bond donors (Lipinski definition) is 1. The number of ether oxygens (including phenoxy) is 1. The Bertz CT molecular complexity index is 587. The predicted molar refractivity (Wildman–Crippen MR) is 63.2 cm³/mol. The Morgan fingerprint density at radius 3 is 2.78 bits per heavy atom. The number of rotatable bonds is 2. The highest BCUT2D eigenvalue weighted by atomic mass is 16.5. The molecule has 0 saturated carbocycles. The lowest BCUT2D eigenvalue weighted by atomic mass is 9.90. The summed E-state index contributed by atoms with van der Waals surface area (Å²) in [5, 5.41) is 17.6. The third-order valence-electron chi connectivity index (χ3n) is 3.48. The van der Waals surface area contributed by atoms with Crippen molar-refractivity contribution in [2.75, 3.05) is 13.2 Å². The van der Waals surface area contributed by atoms with Gasteiger partial charge in [-0.05, 0) is 12.1 Å². The van der Waals surface area contributed by atoms with Gasteiger partial charge < -0.3 is 9.84 Å². The zero-order valence-corrected chi connectivity index (χ0v) is 9.74. The second-order valence-electron chi connectivity index (χ2n) is 4.44. The molecule has 2 aromatic rings. The number of benzene rings is 1. The quantitative estimate of drug-likeness (QED) is 0.857. The van der Waals surface area contributed by atoms with Gasteiger partial charge in [0.2, 0.25) is 0 Å². The Hall–Kier alpha value is -1.95. The monoisotopic (exact) mass is 247 g/mol. The van der Waals surface area contributed by atoms with Gasteiger partial charge in [0.15, 0.2) is 5.54 Å². The number of nitrogens with zero attached hydrogens (tertiary/aromatic N) is 3. The SMILES string of the molecule is O=C(O)C1(n2nnc3ccccc32)CCOCC1. The maximum Gasteiger partial charge on any atom is 0.331 e. The van der Waals surface area contributed by atoms with E-state index >= 15 is 0 Å². The van der Waals surface area contributed by atoms with Crippen LogP contribution in [0.25, 0.3) is 11.0 Å². The topological polar surface area (TPSA) is 77.2 Å². The molecule has 0 amide bonds. The molecule has 0 radical (unpaired) electrons. The van der Waals surface area contributed by atoms with E-state index < -0.39 is 11.5 Å². The summed E-state index contributed by atoms with van der Waals surface area (Å²) in [4.78, 5) is 11.7. The van der Waals surface area contributed by atoms with Crippen molar-refractivity contribution in [3.8, 4) is 0 Å². The Balaban J connectivity index is 2.18. The summed E-state index contributed by atoms with van der Waals surface area (Å²) in [5.74, 6) is -0.874. The van der Waals surface area contributed by atoms with E-state index in [0.717, 1.165) is 5.52 Å². The largest absolute Gasteiger partial charge is 0.479 e. The van der Waals surface area contributed by atoms with Crippen LogP contribution in [0.1, 0.15) is 12.8 Å². The van der Waals surface area contributed by atoms with E-state index in [4.69, 9.17) is 4.74 Å². The van der Waals surface area contributed by atoms with Crippen LogP contribution < -0.4 is 0 Å². The van der Waals surface area contributed by atoms with E-state index in [2.05, 4.69) is 10.3 Å². The lowest BCUT2D eigenvalue weighted by Gasteiger charge is -2.33. The number of para-hydroxylation sites is 1. The van der Waals surface area contributed by atoms with Gasteiger partial charge in [-0.15, -0.1) is 5.10 Å². The maximum absolute atomic E-state index is 11.7. The van der Waals surface area contributed by atoms with Crippen LogP contribution in [-0.4, -0.2) is 39.3 Å². The second-order valence-corrected chi connectivity index (χ2v) is 4.44. The van der Waals surface area contributed by atoms with Crippen molar-refractivity contribution >= 4 is 17.0 Å². The van der Waals surface area contributed by atoms with Gasteiger partial charge in [-0.2, -0.15) is 0 Å². The van der Waals surface area contributed by atoms with Gasteiger partial charge in [-0.3, -0.25) is 0 Å². The average molecular weight is 247 g/mol. The number of fused-ring (bicyclic) bond motifs is 1. The minimum Gasteiger partial charge on any atom is -0.479 e. The first-order chi connectivity index (χ1) is 8.74. The van der Waals surface area contributed by atoms with Gasteiger partial charge in [0.05, 0.1) is 5.52 Å². The molecule has 0 spiro atoms. The standard InChI is InChI=1S/C12H13N3O3/c16-11(17)12(5-7-18-8-6-12)15-10-4-2-1-3-9(10)13-14-15/h1-4H,5-8H2,(H,16,17). The molecule has 0 unspecified atom stereocenters. The summed E-state index contributed by atoms with van der Waals surface area (Å²) in [5.41, 5.74) is 0.431. The fourth-order valence-electron chi connectivity index (χ4n) is 2.41. The summed E-state index contributed by atoms with van der Waals surface area (Å²) in [6.07, 6.45) is 0.825. The lowest BCUT2D eigenvalue weighted by molar-refractivity contribution is -0.153. The summed E-state index contributed by atoms with van der Waals surface area (Å²) in [6, 6.07) is 7.39. The zero-order chi connectivity index (χ0) is 12.6. The van der Waals surface area contributed by atoms with Crippen LogP contribution in [0, 0.1) is 0 Å². The molecular weight excluding hydrogens is 234 g/mol. The molecule has 6 heteroatoms. The highest BCUT2D eigenvalue weighted by molar-refractivity contribution is 5.81. The van der Waals surface area contributed by atoms with Crippen molar-refractivity contribution in [2.24, 2.45) is 0 Å². The molecule has 1 aromatic heterocycles. The van der Waals surface area contributed by atoms with Crippen molar-refractivity contribution in [2.45, 2.75) is 18.4 Å². The Morgan fingerprint density at radius 1 is 1.33 bits per heavy atom. The number of aromatic nitrogens is 3. The molecule has 1 aliphatic heterocycles. The molecule has 1 saturated heterocycles. The van der Waals surface area contributed by atoms with Gasteiger partial charge in [0.1, 0.15) is 5.52 Å². The number of carboxylic acid groups (broad SMARTS) is 1. The number of carboxylic acids is 1. The van der Waals surface area contributed by atoms with E-state index in [1.165, 1.54) is 4.68 Å². The van der Waals surface area contributed by atoms with Crippen molar-refractivity contribution in [3.63, 3.8) is 0 Å². The first-order valence-corrected chi connectivity index (χ1v) is 5.86. The fourth-order valence-corrected chi connectivity index (χ4v) is 2.41. The van der Waals surface area contributed by atoms with E-state index in [9.17, 15) is 9.90 Å². The lowest BCUT2D eigenvalue weighted by Crippen LogP contribution is -2.47. The van der Waals surface area contributed by atoms with E-state index in [1.807, 2.05) is 24.3 Å². The molecule has 6 nitrogen and oxygen atoms in total. The third-order valence-corrected chi connectivity index (χ3v) is 3.48. The summed E-state index contributed by atoms with van der Waals surface area (Å²) in [6.45, 7) is 0.862. The van der Waals surface area contributed by atoms with Crippen LogP contribution in [0.3, 0.4) is 0 Å². The normalized spacial score (nSPS) is 18.9. The third kappa shape index (κ3) is 1.49. The fraction of sp³-hybridized carbons (Fsp3) is 0.417. The number of hydrogen-bond acceptors (Lipinski definition) is 4. The highest BCUT2D eigenvalue weighted by Crippen LogP contribution is 2.31. The Kier molecular flexibility index (Phi) is 2.52. The average Bonchev–Trinajstić information content (AvgIpc) is 2.83. The Labute approximate surface area is 103 Å². The number of aliphatic carboxylic acids is 1. The summed E-state index contributed by atoms with van der Waals surface area (Å²) in [7, 11) is 0. The number of carbonyl (C=O) groups is 1. The molecule has 0 aliphatic carbocycles. The molecule has 1 aliphatic rings. The van der Waals surface area contributed by atoms with Crippen molar-refractivity contribution < 1.29 is 14.6 Å². The summed E-state index contributed by atoms with van der Waals surface area (Å²) < 4.78 is 6.80. The molecule has 2 heterocycles. The minimum absolute atomic E-state index is 0.412. The van der Waals surface area contributed by atoms with E-state index in [-0.39, 0.29) is 0 Å². The molecule has 94 valence electrons. The Morgan fingerprint density at radius 2 is 2.06 bits per heavy atom. The minimum atomic E-state index is -1.03. The van der Waals surface area contributed by atoms with Crippen molar-refractivity contribution in [3.05, 3.63) is 24.3 Å². The van der Waals surface area contributed by atoms with Gasteiger partial charge in [0.25, 0.3) is 0 Å². The summed E-state index contributed by atoms with van der Waals surface area (Å²) >= 11 is 0. The van der Waals surface area contributed by atoms with E-state index in [0.29, 0.717) is 31.6 Å². The first kappa shape index (κ1) is 11.2. The van der Waals surface area contributed by atoms with Crippen LogP contribution in [0.2, 0.25) is 0 Å². The van der Waals surface area contributed by atoms with Gasteiger partial charge in [0, 0.05) is 26.1 Å². The highest BCUT2D eigenvalue weighted by Gasteiger charge is 2.44.